The molecule has 0 radical (unpaired) electrons. The van der Waals surface area contributed by atoms with Crippen LogP contribution < -0.4 is 0 Å². The highest BCUT2D eigenvalue weighted by molar-refractivity contribution is 5.68. The van der Waals surface area contributed by atoms with Crippen LogP contribution in [0.15, 0.2) is 10.2 Å². The molecule has 0 aliphatic rings. The van der Waals surface area contributed by atoms with Crippen molar-refractivity contribution in [2.24, 2.45) is 10.2 Å². The second-order valence-corrected chi connectivity index (χ2v) is 5.60. The summed E-state index contributed by atoms with van der Waals surface area (Å²) < 4.78 is 15.9. The van der Waals surface area contributed by atoms with Crippen molar-refractivity contribution in [2.75, 3.05) is 52.6 Å². The summed E-state index contributed by atoms with van der Waals surface area (Å²) in [5, 5.41) is 6.71. The van der Waals surface area contributed by atoms with Gasteiger partial charge < -0.3 is 19.1 Å². The van der Waals surface area contributed by atoms with Gasteiger partial charge in [-0.1, -0.05) is 10.2 Å². The van der Waals surface area contributed by atoms with Crippen molar-refractivity contribution >= 4 is 6.09 Å². The maximum Gasteiger partial charge on any atom is 0.410 e. The fourth-order valence-electron chi connectivity index (χ4n) is 1.47. The van der Waals surface area contributed by atoms with Crippen molar-refractivity contribution in [1.29, 1.82) is 0 Å². The lowest BCUT2D eigenvalue weighted by atomic mass is 10.2. The molecule has 0 saturated carbocycles. The normalized spacial score (nSPS) is 10.5. The third-order valence-electron chi connectivity index (χ3n) is 2.46. The lowest BCUT2D eigenvalue weighted by Gasteiger charge is -2.27. The first-order valence-electron chi connectivity index (χ1n) is 7.56. The number of ether oxygens (including phenoxy) is 3. The summed E-state index contributed by atoms with van der Waals surface area (Å²) in [6.07, 6.45) is -0.459. The molecule has 0 bridgehead atoms. The van der Waals surface area contributed by atoms with Gasteiger partial charge in [0.1, 0.15) is 5.60 Å². The van der Waals surface area contributed by atoms with E-state index in [0.717, 1.165) is 0 Å². The zero-order chi connectivity index (χ0) is 18.3. The largest absolute Gasteiger partial charge is 0.444 e. The Morgan fingerprint density at radius 2 is 1.42 bits per heavy atom. The predicted molar refractivity (Wildman–Crippen MR) is 87.5 cm³/mol. The first-order chi connectivity index (χ1) is 11.4. The number of rotatable bonds is 12. The van der Waals surface area contributed by atoms with Gasteiger partial charge in [0, 0.05) is 36.0 Å². The molecule has 0 aromatic rings. The molecule has 0 atom stereocenters. The first kappa shape index (κ1) is 21.8. The van der Waals surface area contributed by atoms with Crippen LogP contribution >= 0.6 is 0 Å². The second-order valence-electron chi connectivity index (χ2n) is 5.60. The average Bonchev–Trinajstić information content (AvgIpc) is 2.50. The van der Waals surface area contributed by atoms with Crippen LogP contribution in [0.2, 0.25) is 0 Å². The highest BCUT2D eigenvalue weighted by Crippen LogP contribution is 2.09. The Balaban J connectivity index is 4.24. The highest BCUT2D eigenvalue weighted by atomic mass is 16.6. The number of carbonyl (C=O) groups is 1. The molecule has 0 fully saturated rings. The first-order valence-corrected chi connectivity index (χ1v) is 7.56. The van der Waals surface area contributed by atoms with E-state index in [4.69, 9.17) is 25.3 Å². The van der Waals surface area contributed by atoms with E-state index in [-0.39, 0.29) is 26.3 Å². The standard InChI is InChI=1S/C13H25N7O4/c1-13(2,3)24-12(21)20(6-10-22-8-4-16-18-14)7-11-23-9-5-17-19-15/h4-11H2,1-3H3. The SMILES string of the molecule is CC(C)(C)OC(=O)N(CCOCCN=[N+]=[N-])CCOCCN=[N+]=[N-]. The molecule has 24 heavy (non-hydrogen) atoms. The van der Waals surface area contributed by atoms with Crippen molar-refractivity contribution in [3.05, 3.63) is 20.9 Å². The minimum absolute atomic E-state index is 0.242. The van der Waals surface area contributed by atoms with E-state index in [0.29, 0.717) is 26.3 Å². The van der Waals surface area contributed by atoms with Gasteiger partial charge in [0.15, 0.2) is 0 Å². The number of carbonyl (C=O) groups excluding carboxylic acids is 1. The Morgan fingerprint density at radius 3 is 1.79 bits per heavy atom. The Kier molecular flexibility index (Phi) is 12.1. The third kappa shape index (κ3) is 13.5. The zero-order valence-corrected chi connectivity index (χ0v) is 14.4. The van der Waals surface area contributed by atoms with E-state index >= 15 is 0 Å². The van der Waals surface area contributed by atoms with Crippen molar-refractivity contribution in [3.63, 3.8) is 0 Å². The molecule has 11 heteroatoms. The Labute approximate surface area is 141 Å². The van der Waals surface area contributed by atoms with Gasteiger partial charge in [-0.3, -0.25) is 0 Å². The quantitative estimate of drug-likeness (QED) is 0.232. The molecule has 0 aliphatic heterocycles. The molecule has 1 amide bonds. The molecule has 0 aliphatic carbocycles. The summed E-state index contributed by atoms with van der Waals surface area (Å²) in [4.78, 5) is 18.9. The van der Waals surface area contributed by atoms with Gasteiger partial charge in [0.05, 0.1) is 26.4 Å². The summed E-state index contributed by atoms with van der Waals surface area (Å²) in [6, 6.07) is 0. The van der Waals surface area contributed by atoms with Crippen LogP contribution in [0, 0.1) is 0 Å². The third-order valence-corrected chi connectivity index (χ3v) is 2.46. The van der Waals surface area contributed by atoms with Crippen LogP contribution in [-0.4, -0.2) is 69.2 Å². The van der Waals surface area contributed by atoms with E-state index in [1.54, 1.807) is 20.8 Å². The van der Waals surface area contributed by atoms with E-state index in [1.807, 2.05) is 0 Å². The fraction of sp³-hybridized carbons (Fsp3) is 0.923. The Morgan fingerprint density at radius 1 is 0.958 bits per heavy atom. The lowest BCUT2D eigenvalue weighted by Crippen LogP contribution is -2.40. The molecule has 0 rings (SSSR count). The lowest BCUT2D eigenvalue weighted by molar-refractivity contribution is 0.0106. The number of azide groups is 2. The fourth-order valence-corrected chi connectivity index (χ4v) is 1.47. The van der Waals surface area contributed by atoms with Crippen molar-refractivity contribution in [2.45, 2.75) is 26.4 Å². The Bertz CT molecular complexity index is 426. The molecular weight excluding hydrogens is 318 g/mol. The summed E-state index contributed by atoms with van der Waals surface area (Å²) in [5.41, 5.74) is 15.7. The minimum Gasteiger partial charge on any atom is -0.444 e. The van der Waals surface area contributed by atoms with Crippen molar-refractivity contribution < 1.29 is 19.0 Å². The van der Waals surface area contributed by atoms with Crippen LogP contribution in [0.5, 0.6) is 0 Å². The Hall–Kier alpha value is -2.19. The topological polar surface area (TPSA) is 146 Å². The number of amides is 1. The molecule has 11 nitrogen and oxygen atoms in total. The number of hydrogen-bond acceptors (Lipinski definition) is 6. The number of hydrogen-bond donors (Lipinski definition) is 0. The molecule has 0 saturated heterocycles. The van der Waals surface area contributed by atoms with Crippen LogP contribution in [0.25, 0.3) is 20.9 Å². The van der Waals surface area contributed by atoms with E-state index in [1.165, 1.54) is 4.90 Å². The smallest absolute Gasteiger partial charge is 0.410 e. The molecule has 0 unspecified atom stereocenters. The van der Waals surface area contributed by atoms with Gasteiger partial charge in [-0.15, -0.1) is 0 Å². The van der Waals surface area contributed by atoms with E-state index < -0.39 is 11.7 Å². The molecule has 136 valence electrons. The van der Waals surface area contributed by atoms with E-state index in [2.05, 4.69) is 20.1 Å². The maximum absolute atomic E-state index is 12.2. The monoisotopic (exact) mass is 343 g/mol. The average molecular weight is 343 g/mol. The molecular formula is C13H25N7O4. The van der Waals surface area contributed by atoms with Gasteiger partial charge >= 0.3 is 6.09 Å². The zero-order valence-electron chi connectivity index (χ0n) is 14.4. The van der Waals surface area contributed by atoms with Crippen molar-refractivity contribution in [1.82, 2.24) is 4.90 Å². The predicted octanol–water partition coefficient (Wildman–Crippen LogP) is 2.88. The van der Waals surface area contributed by atoms with Gasteiger partial charge in [-0.25, -0.2) is 4.79 Å². The maximum atomic E-state index is 12.2. The second kappa shape index (κ2) is 13.3. The highest BCUT2D eigenvalue weighted by Gasteiger charge is 2.21. The minimum atomic E-state index is -0.597. The molecule has 0 N–H and O–H groups in total. The van der Waals surface area contributed by atoms with Gasteiger partial charge in [-0.2, -0.15) is 0 Å². The van der Waals surface area contributed by atoms with Crippen LogP contribution in [0.4, 0.5) is 4.79 Å². The summed E-state index contributed by atoms with van der Waals surface area (Å²) in [7, 11) is 0. The summed E-state index contributed by atoms with van der Waals surface area (Å²) in [6.45, 7) is 7.65. The van der Waals surface area contributed by atoms with Crippen LogP contribution in [0.3, 0.4) is 0 Å². The molecule has 0 heterocycles. The summed E-state index contributed by atoms with van der Waals surface area (Å²) in [5.74, 6) is 0. The summed E-state index contributed by atoms with van der Waals surface area (Å²) >= 11 is 0. The molecule has 0 aromatic carbocycles. The van der Waals surface area contributed by atoms with Gasteiger partial charge in [0.25, 0.3) is 0 Å². The van der Waals surface area contributed by atoms with E-state index in [9.17, 15) is 4.79 Å². The van der Waals surface area contributed by atoms with Gasteiger partial charge in [-0.05, 0) is 31.8 Å². The molecule has 0 aromatic heterocycles. The van der Waals surface area contributed by atoms with Crippen LogP contribution in [-0.2, 0) is 14.2 Å². The van der Waals surface area contributed by atoms with Crippen LogP contribution in [0.1, 0.15) is 20.8 Å². The van der Waals surface area contributed by atoms with Crippen molar-refractivity contribution in [3.8, 4) is 0 Å². The van der Waals surface area contributed by atoms with Gasteiger partial charge in [0.2, 0.25) is 0 Å². The number of nitrogens with zero attached hydrogens (tertiary/aromatic N) is 7. The molecule has 0 spiro atoms.